The molecule has 0 amide bonds. The van der Waals surface area contributed by atoms with Crippen molar-refractivity contribution in [3.63, 3.8) is 0 Å². The van der Waals surface area contributed by atoms with Crippen LogP contribution < -0.4 is 19.9 Å². The fraction of sp³-hybridized carbons (Fsp3) is 0.143. The fourth-order valence-electron chi connectivity index (χ4n) is 1.75. The highest BCUT2D eigenvalue weighted by Crippen LogP contribution is 2.40. The van der Waals surface area contributed by atoms with Crippen molar-refractivity contribution in [3.05, 3.63) is 42.2 Å². The third-order valence-electron chi connectivity index (χ3n) is 2.76. The molecule has 1 aromatic carbocycles. The van der Waals surface area contributed by atoms with Gasteiger partial charge < -0.3 is 25.2 Å². The maximum absolute atomic E-state index is 8.82. The van der Waals surface area contributed by atoms with Crippen LogP contribution in [0.3, 0.4) is 0 Å². The Labute approximate surface area is 121 Å². The van der Waals surface area contributed by atoms with Gasteiger partial charge in [-0.3, -0.25) is 4.98 Å². The minimum Gasteiger partial charge on any atom is -0.493 e. The SMILES string of the molecule is COc1cccc(OC)c1Oc1cnccc1/C(N)=N/O. The minimum absolute atomic E-state index is 0.0822. The molecule has 2 aromatic rings. The summed E-state index contributed by atoms with van der Waals surface area (Å²) in [6.45, 7) is 0. The standard InChI is InChI=1S/C14H15N3O4/c1-19-10-4-3-5-11(20-2)13(10)21-12-8-16-7-6-9(12)14(15)17-18/h3-8,18H,1-2H3,(H2,15,17). The highest BCUT2D eigenvalue weighted by atomic mass is 16.5. The lowest BCUT2D eigenvalue weighted by molar-refractivity contribution is 0.318. The molecule has 0 aliphatic heterocycles. The Morgan fingerprint density at radius 1 is 1.14 bits per heavy atom. The Bertz CT molecular complexity index is 636. The smallest absolute Gasteiger partial charge is 0.211 e. The van der Waals surface area contributed by atoms with E-state index in [1.54, 1.807) is 24.3 Å². The second-order valence-corrected chi connectivity index (χ2v) is 3.95. The summed E-state index contributed by atoms with van der Waals surface area (Å²) in [7, 11) is 3.05. The predicted octanol–water partition coefficient (Wildman–Crippen LogP) is 1.99. The van der Waals surface area contributed by atoms with E-state index in [1.807, 2.05) is 0 Å². The van der Waals surface area contributed by atoms with Crippen molar-refractivity contribution in [3.8, 4) is 23.0 Å². The van der Waals surface area contributed by atoms with Crippen molar-refractivity contribution in [1.29, 1.82) is 0 Å². The molecule has 0 spiro atoms. The Kier molecular flexibility index (Phi) is 4.45. The molecule has 0 fully saturated rings. The van der Waals surface area contributed by atoms with Crippen molar-refractivity contribution in [2.75, 3.05) is 14.2 Å². The second kappa shape index (κ2) is 6.47. The molecule has 0 saturated carbocycles. The van der Waals surface area contributed by atoms with E-state index in [2.05, 4.69) is 10.1 Å². The number of nitrogens with two attached hydrogens (primary N) is 1. The lowest BCUT2D eigenvalue weighted by Gasteiger charge is -2.15. The first-order valence-electron chi connectivity index (χ1n) is 6.02. The molecule has 110 valence electrons. The summed E-state index contributed by atoms with van der Waals surface area (Å²) >= 11 is 0. The molecule has 7 nitrogen and oxygen atoms in total. The zero-order chi connectivity index (χ0) is 15.2. The van der Waals surface area contributed by atoms with E-state index in [4.69, 9.17) is 25.2 Å². The Balaban J connectivity index is 2.48. The van der Waals surface area contributed by atoms with E-state index in [0.717, 1.165) is 0 Å². The largest absolute Gasteiger partial charge is 0.493 e. The van der Waals surface area contributed by atoms with Gasteiger partial charge in [0.2, 0.25) is 5.75 Å². The van der Waals surface area contributed by atoms with Crippen molar-refractivity contribution >= 4 is 5.84 Å². The summed E-state index contributed by atoms with van der Waals surface area (Å²) in [6, 6.07) is 6.82. The molecule has 1 aromatic heterocycles. The van der Waals surface area contributed by atoms with E-state index >= 15 is 0 Å². The highest BCUT2D eigenvalue weighted by molar-refractivity contribution is 5.99. The molecular formula is C14H15N3O4. The van der Waals surface area contributed by atoms with Crippen molar-refractivity contribution in [2.24, 2.45) is 10.9 Å². The summed E-state index contributed by atoms with van der Waals surface area (Å²) in [5.74, 6) is 1.59. The first-order valence-corrected chi connectivity index (χ1v) is 6.02. The maximum Gasteiger partial charge on any atom is 0.211 e. The highest BCUT2D eigenvalue weighted by Gasteiger charge is 2.16. The molecule has 0 aliphatic rings. The molecule has 0 aliphatic carbocycles. The van der Waals surface area contributed by atoms with Crippen LogP contribution in [0.5, 0.6) is 23.0 Å². The normalized spacial score (nSPS) is 11.0. The topological polar surface area (TPSA) is 99.2 Å². The second-order valence-electron chi connectivity index (χ2n) is 3.95. The maximum atomic E-state index is 8.82. The monoisotopic (exact) mass is 289 g/mol. The quantitative estimate of drug-likeness (QED) is 0.378. The molecule has 0 radical (unpaired) electrons. The molecule has 0 atom stereocenters. The fourth-order valence-corrected chi connectivity index (χ4v) is 1.75. The number of para-hydroxylation sites is 1. The zero-order valence-electron chi connectivity index (χ0n) is 11.6. The molecule has 0 bridgehead atoms. The lowest BCUT2D eigenvalue weighted by Crippen LogP contribution is -2.14. The number of benzene rings is 1. The number of hydrogen-bond acceptors (Lipinski definition) is 6. The Morgan fingerprint density at radius 3 is 2.38 bits per heavy atom. The van der Waals surface area contributed by atoms with Gasteiger partial charge >= 0.3 is 0 Å². The molecule has 1 heterocycles. The molecular weight excluding hydrogens is 274 g/mol. The van der Waals surface area contributed by atoms with Gasteiger partial charge in [-0.2, -0.15) is 0 Å². The number of methoxy groups -OCH3 is 2. The van der Waals surface area contributed by atoms with Gasteiger partial charge in [0.25, 0.3) is 0 Å². The van der Waals surface area contributed by atoms with Gasteiger partial charge in [0.05, 0.1) is 26.0 Å². The summed E-state index contributed by atoms with van der Waals surface area (Å²) < 4.78 is 16.3. The molecule has 0 saturated heterocycles. The number of ether oxygens (including phenoxy) is 3. The van der Waals surface area contributed by atoms with Gasteiger partial charge in [-0.05, 0) is 18.2 Å². The van der Waals surface area contributed by atoms with Gasteiger partial charge in [0, 0.05) is 6.20 Å². The number of amidine groups is 1. The van der Waals surface area contributed by atoms with Gasteiger partial charge in [-0.1, -0.05) is 11.2 Å². The minimum atomic E-state index is -0.0822. The van der Waals surface area contributed by atoms with Crippen LogP contribution in [0.2, 0.25) is 0 Å². The van der Waals surface area contributed by atoms with Crippen LogP contribution in [0.25, 0.3) is 0 Å². The van der Waals surface area contributed by atoms with Crippen LogP contribution in [0, 0.1) is 0 Å². The van der Waals surface area contributed by atoms with Crippen molar-refractivity contribution in [1.82, 2.24) is 4.98 Å². The number of rotatable bonds is 5. The average Bonchev–Trinajstić information content (AvgIpc) is 2.54. The zero-order valence-corrected chi connectivity index (χ0v) is 11.6. The van der Waals surface area contributed by atoms with Crippen LogP contribution in [-0.4, -0.2) is 30.2 Å². The molecule has 3 N–H and O–H groups in total. The van der Waals surface area contributed by atoms with E-state index in [1.165, 1.54) is 26.6 Å². The number of nitrogens with zero attached hydrogens (tertiary/aromatic N) is 2. The number of aromatic nitrogens is 1. The van der Waals surface area contributed by atoms with Crippen LogP contribution in [0.15, 0.2) is 41.8 Å². The number of hydrogen-bond donors (Lipinski definition) is 2. The van der Waals surface area contributed by atoms with Gasteiger partial charge in [0.15, 0.2) is 23.1 Å². The summed E-state index contributed by atoms with van der Waals surface area (Å²) in [5, 5.41) is 11.8. The lowest BCUT2D eigenvalue weighted by atomic mass is 10.2. The van der Waals surface area contributed by atoms with E-state index in [9.17, 15) is 0 Å². The first kappa shape index (κ1) is 14.4. The molecule has 0 unspecified atom stereocenters. The van der Waals surface area contributed by atoms with E-state index < -0.39 is 0 Å². The van der Waals surface area contributed by atoms with Crippen LogP contribution >= 0.6 is 0 Å². The Hall–Kier alpha value is -2.96. The third kappa shape index (κ3) is 2.97. The van der Waals surface area contributed by atoms with Crippen molar-refractivity contribution in [2.45, 2.75) is 0 Å². The van der Waals surface area contributed by atoms with E-state index in [0.29, 0.717) is 28.6 Å². The van der Waals surface area contributed by atoms with Gasteiger partial charge in [-0.25, -0.2) is 0 Å². The summed E-state index contributed by atoms with van der Waals surface area (Å²) in [4.78, 5) is 3.97. The Morgan fingerprint density at radius 2 is 1.81 bits per heavy atom. The molecule has 2 rings (SSSR count). The van der Waals surface area contributed by atoms with Crippen molar-refractivity contribution < 1.29 is 19.4 Å². The average molecular weight is 289 g/mol. The summed E-state index contributed by atoms with van der Waals surface area (Å²) in [5.41, 5.74) is 6.02. The third-order valence-corrected chi connectivity index (χ3v) is 2.76. The van der Waals surface area contributed by atoms with Gasteiger partial charge in [-0.15, -0.1) is 0 Å². The number of oxime groups is 1. The predicted molar refractivity (Wildman–Crippen MR) is 76.4 cm³/mol. The van der Waals surface area contributed by atoms with Gasteiger partial charge in [0.1, 0.15) is 0 Å². The summed E-state index contributed by atoms with van der Waals surface area (Å²) in [6.07, 6.45) is 2.97. The molecule has 7 heteroatoms. The molecule has 21 heavy (non-hydrogen) atoms. The van der Waals surface area contributed by atoms with Crippen LogP contribution in [0.1, 0.15) is 5.56 Å². The first-order chi connectivity index (χ1) is 10.2. The van der Waals surface area contributed by atoms with Crippen LogP contribution in [0.4, 0.5) is 0 Å². The number of pyridine rings is 1. The van der Waals surface area contributed by atoms with E-state index in [-0.39, 0.29) is 5.84 Å². The van der Waals surface area contributed by atoms with Crippen LogP contribution in [-0.2, 0) is 0 Å².